The van der Waals surface area contributed by atoms with Crippen LogP contribution in [0.25, 0.3) is 33.4 Å². The Bertz CT molecular complexity index is 1580. The number of hydrogen-bond donors (Lipinski definition) is 0. The number of ether oxygens (including phenoxy) is 3. The van der Waals surface area contributed by atoms with Crippen LogP contribution in [0.5, 0.6) is 5.75 Å². The molecule has 0 radical (unpaired) electrons. The molecule has 224 valence electrons. The highest BCUT2D eigenvalue weighted by Crippen LogP contribution is 2.31. The third-order valence-corrected chi connectivity index (χ3v) is 8.09. The molecule has 2 aliphatic heterocycles. The van der Waals surface area contributed by atoms with Gasteiger partial charge in [-0.2, -0.15) is 0 Å². The van der Waals surface area contributed by atoms with Crippen molar-refractivity contribution >= 4 is 16.9 Å². The molecule has 1 aromatic heterocycles. The quantitative estimate of drug-likeness (QED) is 0.259. The molecule has 9 heteroatoms. The second-order valence-corrected chi connectivity index (χ2v) is 11.0. The van der Waals surface area contributed by atoms with Gasteiger partial charge < -0.3 is 19.1 Å². The normalized spacial score (nSPS) is 16.0. The number of amides is 1. The maximum Gasteiger partial charge on any atom is 0.227 e. The lowest BCUT2D eigenvalue weighted by Crippen LogP contribution is -2.41. The number of rotatable bonds is 9. The van der Waals surface area contributed by atoms with Crippen molar-refractivity contribution in [3.05, 3.63) is 77.7 Å². The third-order valence-electron chi connectivity index (χ3n) is 8.09. The summed E-state index contributed by atoms with van der Waals surface area (Å²) in [4.78, 5) is 26.4. The Labute approximate surface area is 251 Å². The highest BCUT2D eigenvalue weighted by molar-refractivity contribution is 5.92. The number of benzene rings is 3. The van der Waals surface area contributed by atoms with Crippen LogP contribution in [0, 0.1) is 12.7 Å². The number of carbonyl (C=O) groups excluding carboxylic acids is 1. The lowest BCUT2D eigenvalue weighted by Gasteiger charge is -2.27. The maximum atomic E-state index is 15.2. The van der Waals surface area contributed by atoms with Gasteiger partial charge in [-0.1, -0.05) is 24.3 Å². The minimum atomic E-state index is -0.406. The van der Waals surface area contributed by atoms with Gasteiger partial charge in [0.2, 0.25) is 5.91 Å². The molecule has 0 N–H and O–H groups in total. The molecule has 2 fully saturated rings. The van der Waals surface area contributed by atoms with E-state index < -0.39 is 5.82 Å². The Morgan fingerprint density at radius 2 is 1.72 bits per heavy atom. The fourth-order valence-corrected chi connectivity index (χ4v) is 5.62. The van der Waals surface area contributed by atoms with Gasteiger partial charge in [-0.3, -0.25) is 14.7 Å². The van der Waals surface area contributed by atoms with Crippen LogP contribution in [0.1, 0.15) is 17.5 Å². The minimum Gasteiger partial charge on any atom is -0.493 e. The van der Waals surface area contributed by atoms with Crippen molar-refractivity contribution < 1.29 is 23.4 Å². The number of para-hydroxylation sites is 1. The van der Waals surface area contributed by atoms with Gasteiger partial charge in [0.25, 0.3) is 0 Å². The predicted octanol–water partition coefficient (Wildman–Crippen LogP) is 4.91. The lowest BCUT2D eigenvalue weighted by molar-refractivity contribution is -0.134. The topological polar surface area (TPSA) is 77.0 Å². The summed E-state index contributed by atoms with van der Waals surface area (Å²) in [5.74, 6) is 0.370. The first-order valence-corrected chi connectivity index (χ1v) is 15.0. The molecule has 0 saturated carbocycles. The number of aromatic nitrogens is 2. The molecule has 2 aliphatic rings. The molecule has 0 spiro atoms. The van der Waals surface area contributed by atoms with Gasteiger partial charge in [-0.15, -0.1) is 0 Å². The van der Waals surface area contributed by atoms with Gasteiger partial charge >= 0.3 is 0 Å². The highest BCUT2D eigenvalue weighted by Gasteiger charge is 2.19. The van der Waals surface area contributed by atoms with Crippen LogP contribution in [-0.4, -0.2) is 91.4 Å². The van der Waals surface area contributed by atoms with Gasteiger partial charge in [-0.25, -0.2) is 9.37 Å². The monoisotopic (exact) mass is 584 g/mol. The first-order valence-electron chi connectivity index (χ1n) is 15.0. The summed E-state index contributed by atoms with van der Waals surface area (Å²) in [6.07, 6.45) is 2.76. The molecule has 6 rings (SSSR count). The molecule has 3 aromatic carbocycles. The molecule has 0 bridgehead atoms. The zero-order chi connectivity index (χ0) is 29.6. The predicted molar refractivity (Wildman–Crippen MR) is 164 cm³/mol. The first-order chi connectivity index (χ1) is 21.0. The molecule has 0 unspecified atom stereocenters. The van der Waals surface area contributed by atoms with E-state index in [0.29, 0.717) is 49.6 Å². The van der Waals surface area contributed by atoms with E-state index in [2.05, 4.69) is 16.0 Å². The summed E-state index contributed by atoms with van der Waals surface area (Å²) >= 11 is 0. The molecule has 0 aliphatic carbocycles. The smallest absolute Gasteiger partial charge is 0.227 e. The Morgan fingerprint density at radius 1 is 0.953 bits per heavy atom. The van der Waals surface area contributed by atoms with Crippen LogP contribution < -0.4 is 4.74 Å². The second-order valence-electron chi connectivity index (χ2n) is 11.0. The number of nitrogens with zero attached hydrogens (tertiary/aromatic N) is 4. The van der Waals surface area contributed by atoms with E-state index >= 15 is 4.39 Å². The van der Waals surface area contributed by atoms with Crippen LogP contribution in [0.3, 0.4) is 0 Å². The number of halogens is 1. The van der Waals surface area contributed by atoms with Crippen molar-refractivity contribution in [3.63, 3.8) is 0 Å². The number of carbonyl (C=O) groups is 1. The molecular weight excluding hydrogens is 547 g/mol. The highest BCUT2D eigenvalue weighted by atomic mass is 19.1. The van der Waals surface area contributed by atoms with Gasteiger partial charge in [0, 0.05) is 43.9 Å². The number of morpholine rings is 2. The van der Waals surface area contributed by atoms with Crippen LogP contribution in [-0.2, 0) is 20.7 Å². The largest absolute Gasteiger partial charge is 0.493 e. The van der Waals surface area contributed by atoms with E-state index in [4.69, 9.17) is 19.2 Å². The van der Waals surface area contributed by atoms with Gasteiger partial charge in [0.15, 0.2) is 0 Å². The third kappa shape index (κ3) is 7.01. The van der Waals surface area contributed by atoms with Crippen molar-refractivity contribution in [1.82, 2.24) is 19.8 Å². The average molecular weight is 585 g/mol. The van der Waals surface area contributed by atoms with Crippen LogP contribution in [0.15, 0.2) is 60.8 Å². The Balaban J connectivity index is 1.17. The number of fused-ring (bicyclic) bond motifs is 1. The lowest BCUT2D eigenvalue weighted by atomic mass is 10.00. The Kier molecular flexibility index (Phi) is 9.21. The standard InChI is InChI=1S/C34H37FN4O4/c1-24-20-27(8-9-32(24)43-15-3-10-38-11-16-41-17-12-38)31-23-36-30-5-2-4-28(34(30)37-31)25-6-7-26(29(35)21-25)22-33(40)39-13-18-42-19-14-39/h2,4-9,20-21,23H,3,10-19,22H2,1H3. The van der Waals surface area contributed by atoms with Crippen LogP contribution >= 0.6 is 0 Å². The fourth-order valence-electron chi connectivity index (χ4n) is 5.62. The van der Waals surface area contributed by atoms with Crippen molar-refractivity contribution in [3.8, 4) is 28.1 Å². The Morgan fingerprint density at radius 3 is 2.49 bits per heavy atom. The van der Waals surface area contributed by atoms with Crippen molar-refractivity contribution in [2.75, 3.05) is 65.8 Å². The van der Waals surface area contributed by atoms with Crippen LogP contribution in [0.4, 0.5) is 4.39 Å². The maximum absolute atomic E-state index is 15.2. The van der Waals surface area contributed by atoms with E-state index in [0.717, 1.165) is 72.9 Å². The zero-order valence-corrected chi connectivity index (χ0v) is 24.6. The van der Waals surface area contributed by atoms with Crippen molar-refractivity contribution in [1.29, 1.82) is 0 Å². The molecule has 43 heavy (non-hydrogen) atoms. The number of aryl methyl sites for hydroxylation is 1. The summed E-state index contributed by atoms with van der Waals surface area (Å²) < 4.78 is 32.1. The van der Waals surface area contributed by atoms with E-state index in [1.165, 1.54) is 6.07 Å². The summed E-state index contributed by atoms with van der Waals surface area (Å²) in [7, 11) is 0. The van der Waals surface area contributed by atoms with Gasteiger partial charge in [0.1, 0.15) is 11.6 Å². The molecular formula is C34H37FN4O4. The Hall–Kier alpha value is -3.92. The first kappa shape index (κ1) is 29.2. The van der Waals surface area contributed by atoms with Crippen LogP contribution in [0.2, 0.25) is 0 Å². The SMILES string of the molecule is Cc1cc(-c2cnc3cccc(-c4ccc(CC(=O)N5CCOCC5)c(F)c4)c3n2)ccc1OCCCN1CCOCC1. The number of hydrogen-bond acceptors (Lipinski definition) is 7. The molecule has 2 saturated heterocycles. The summed E-state index contributed by atoms with van der Waals surface area (Å²) in [5.41, 5.74) is 5.97. The van der Waals surface area contributed by atoms with E-state index in [1.807, 2.05) is 43.3 Å². The molecule has 4 aromatic rings. The summed E-state index contributed by atoms with van der Waals surface area (Å²) in [6.45, 7) is 9.41. The minimum absolute atomic E-state index is 0.0263. The van der Waals surface area contributed by atoms with Crippen molar-refractivity contribution in [2.24, 2.45) is 0 Å². The molecule has 8 nitrogen and oxygen atoms in total. The zero-order valence-electron chi connectivity index (χ0n) is 24.6. The van der Waals surface area contributed by atoms with Gasteiger partial charge in [0.05, 0.1) is 62.4 Å². The summed E-state index contributed by atoms with van der Waals surface area (Å²) in [5, 5.41) is 0. The van der Waals surface area contributed by atoms with E-state index in [-0.39, 0.29) is 12.3 Å². The summed E-state index contributed by atoms with van der Waals surface area (Å²) in [6, 6.07) is 16.8. The van der Waals surface area contributed by atoms with Gasteiger partial charge in [-0.05, 0) is 60.4 Å². The second kappa shape index (κ2) is 13.6. The molecule has 3 heterocycles. The van der Waals surface area contributed by atoms with E-state index in [9.17, 15) is 4.79 Å². The fraction of sp³-hybridized carbons (Fsp3) is 0.382. The van der Waals surface area contributed by atoms with Crippen molar-refractivity contribution in [2.45, 2.75) is 19.8 Å². The molecule has 1 amide bonds. The molecule has 0 atom stereocenters. The van der Waals surface area contributed by atoms with E-state index in [1.54, 1.807) is 17.2 Å². The average Bonchev–Trinajstić information content (AvgIpc) is 3.05.